The molecule has 1 atom stereocenters. The number of rotatable bonds is 8. The molecule has 0 amide bonds. The Morgan fingerprint density at radius 2 is 1.32 bits per heavy atom. The highest BCUT2D eigenvalue weighted by Crippen LogP contribution is 2.62. The SMILES string of the molecule is COc1cc(OC)c(C(=O)P(=O)(C(=O)c2c(C)cccc2C)C2CCCC2)c(OC)c1. The maximum absolute atomic E-state index is 14.6. The molecule has 1 saturated carbocycles. The molecule has 166 valence electrons. The molecule has 6 nitrogen and oxygen atoms in total. The van der Waals surface area contributed by atoms with Gasteiger partial charge in [-0.15, -0.1) is 0 Å². The average molecular weight is 444 g/mol. The quantitative estimate of drug-likeness (QED) is 0.492. The molecule has 0 aromatic heterocycles. The number of methoxy groups -OCH3 is 3. The summed E-state index contributed by atoms with van der Waals surface area (Å²) in [5.74, 6) is 0.782. The smallest absolute Gasteiger partial charge is 0.236 e. The van der Waals surface area contributed by atoms with Crippen LogP contribution in [0.15, 0.2) is 30.3 Å². The van der Waals surface area contributed by atoms with Crippen molar-refractivity contribution in [3.05, 3.63) is 52.6 Å². The van der Waals surface area contributed by atoms with Gasteiger partial charge in [0.05, 0.1) is 21.3 Å². The molecule has 1 fully saturated rings. The predicted octanol–water partition coefficient (Wildman–Crippen LogP) is 5.62. The first-order valence-corrected chi connectivity index (χ1v) is 12.1. The number of hydrogen-bond donors (Lipinski definition) is 0. The molecule has 0 saturated heterocycles. The summed E-state index contributed by atoms with van der Waals surface area (Å²) in [6, 6.07) is 8.53. The molecule has 0 spiro atoms. The van der Waals surface area contributed by atoms with Crippen molar-refractivity contribution < 1.29 is 28.4 Å². The van der Waals surface area contributed by atoms with E-state index < -0.39 is 23.8 Å². The summed E-state index contributed by atoms with van der Waals surface area (Å²) in [4.78, 5) is 27.8. The monoisotopic (exact) mass is 444 g/mol. The Morgan fingerprint density at radius 3 is 1.77 bits per heavy atom. The van der Waals surface area contributed by atoms with Gasteiger partial charge in [0, 0.05) is 23.4 Å². The lowest BCUT2D eigenvalue weighted by Gasteiger charge is -2.25. The second kappa shape index (κ2) is 9.27. The maximum atomic E-state index is 14.6. The first-order valence-electron chi connectivity index (χ1n) is 10.3. The predicted molar refractivity (Wildman–Crippen MR) is 121 cm³/mol. The molecule has 7 heteroatoms. The van der Waals surface area contributed by atoms with Crippen molar-refractivity contribution in [1.29, 1.82) is 0 Å². The highest BCUT2D eigenvalue weighted by atomic mass is 31.2. The number of ether oxygens (including phenoxy) is 3. The van der Waals surface area contributed by atoms with Crippen LogP contribution in [0.25, 0.3) is 0 Å². The molecule has 0 heterocycles. The molecule has 2 aromatic rings. The minimum absolute atomic E-state index is 0.0284. The average Bonchev–Trinajstić information content (AvgIpc) is 3.32. The van der Waals surface area contributed by atoms with Gasteiger partial charge in [-0.3, -0.25) is 9.59 Å². The van der Waals surface area contributed by atoms with Crippen LogP contribution in [-0.4, -0.2) is 38.0 Å². The Kier molecular flexibility index (Phi) is 6.90. The van der Waals surface area contributed by atoms with Crippen molar-refractivity contribution in [1.82, 2.24) is 0 Å². The van der Waals surface area contributed by atoms with Crippen molar-refractivity contribution in [3.8, 4) is 17.2 Å². The first-order chi connectivity index (χ1) is 14.8. The Bertz CT molecular complexity index is 1010. The van der Waals surface area contributed by atoms with E-state index in [9.17, 15) is 14.2 Å². The molecular formula is C24H29O6P. The van der Waals surface area contributed by atoms with Gasteiger partial charge in [0.1, 0.15) is 22.8 Å². The molecule has 1 aliphatic carbocycles. The molecule has 3 rings (SSSR count). The van der Waals surface area contributed by atoms with E-state index in [0.29, 0.717) is 35.3 Å². The summed E-state index contributed by atoms with van der Waals surface area (Å²) in [6.45, 7) is 3.61. The molecule has 1 aliphatic rings. The molecule has 2 aromatic carbocycles. The summed E-state index contributed by atoms with van der Waals surface area (Å²) in [5, 5.41) is 0. The highest BCUT2D eigenvalue weighted by molar-refractivity contribution is 7.96. The minimum Gasteiger partial charge on any atom is -0.496 e. The van der Waals surface area contributed by atoms with E-state index in [1.54, 1.807) is 26.0 Å². The lowest BCUT2D eigenvalue weighted by atomic mass is 10.0. The number of aryl methyl sites for hydroxylation is 2. The number of carbonyl (C=O) groups excluding carboxylic acids is 2. The van der Waals surface area contributed by atoms with E-state index in [1.807, 2.05) is 6.07 Å². The topological polar surface area (TPSA) is 78.9 Å². The van der Waals surface area contributed by atoms with Gasteiger partial charge in [0.15, 0.2) is 0 Å². The van der Waals surface area contributed by atoms with Crippen LogP contribution in [0.2, 0.25) is 0 Å². The van der Waals surface area contributed by atoms with E-state index in [4.69, 9.17) is 14.2 Å². The Morgan fingerprint density at radius 1 is 0.839 bits per heavy atom. The number of carbonyl (C=O) groups is 2. The van der Waals surface area contributed by atoms with Gasteiger partial charge in [0.25, 0.3) is 0 Å². The third kappa shape index (κ3) is 4.01. The largest absolute Gasteiger partial charge is 0.496 e. The normalized spacial score (nSPS) is 15.9. The zero-order chi connectivity index (χ0) is 22.8. The van der Waals surface area contributed by atoms with Crippen LogP contribution < -0.4 is 14.2 Å². The third-order valence-corrected chi connectivity index (χ3v) is 9.27. The van der Waals surface area contributed by atoms with Crippen LogP contribution in [-0.2, 0) is 4.57 Å². The Balaban J connectivity index is 2.24. The summed E-state index contributed by atoms with van der Waals surface area (Å²) in [5.41, 5.74) is 0.0684. The van der Waals surface area contributed by atoms with Gasteiger partial charge in [0.2, 0.25) is 18.2 Å². The van der Waals surface area contributed by atoms with E-state index in [0.717, 1.165) is 12.8 Å². The van der Waals surface area contributed by atoms with Gasteiger partial charge >= 0.3 is 0 Å². The summed E-state index contributed by atoms with van der Waals surface area (Å²) in [7, 11) is 0.291. The van der Waals surface area contributed by atoms with Gasteiger partial charge < -0.3 is 18.8 Å². The van der Waals surface area contributed by atoms with Crippen molar-refractivity contribution in [3.63, 3.8) is 0 Å². The summed E-state index contributed by atoms with van der Waals surface area (Å²) >= 11 is 0. The van der Waals surface area contributed by atoms with Crippen molar-refractivity contribution in [2.75, 3.05) is 21.3 Å². The molecule has 0 aliphatic heterocycles. The standard InChI is InChI=1S/C24H29O6P/c1-15-9-8-10-16(2)21(15)23(25)31(27,18-11-6-7-12-18)24(26)22-19(29-4)13-17(28-3)14-20(22)30-5/h8-10,13-14,18H,6-7,11-12H2,1-5H3. The van der Waals surface area contributed by atoms with Gasteiger partial charge in [-0.1, -0.05) is 31.0 Å². The van der Waals surface area contributed by atoms with E-state index in [2.05, 4.69) is 0 Å². The maximum Gasteiger partial charge on any atom is 0.236 e. The van der Waals surface area contributed by atoms with Crippen LogP contribution in [0.3, 0.4) is 0 Å². The highest BCUT2D eigenvalue weighted by Gasteiger charge is 2.50. The zero-order valence-corrected chi connectivity index (χ0v) is 19.6. The van der Waals surface area contributed by atoms with Crippen LogP contribution in [0.4, 0.5) is 0 Å². The van der Waals surface area contributed by atoms with E-state index in [-0.39, 0.29) is 17.1 Å². The molecular weight excluding hydrogens is 415 g/mol. The summed E-state index contributed by atoms with van der Waals surface area (Å²) < 4.78 is 30.7. The minimum atomic E-state index is -4.03. The molecule has 0 bridgehead atoms. The fourth-order valence-electron chi connectivity index (χ4n) is 4.39. The van der Waals surface area contributed by atoms with Crippen LogP contribution in [0.1, 0.15) is 57.5 Å². The number of benzene rings is 2. The van der Waals surface area contributed by atoms with Crippen molar-refractivity contribution >= 4 is 18.2 Å². The van der Waals surface area contributed by atoms with Gasteiger partial charge in [-0.05, 0) is 37.8 Å². The fourth-order valence-corrected chi connectivity index (χ4v) is 7.57. The third-order valence-electron chi connectivity index (χ3n) is 6.07. The molecule has 0 radical (unpaired) electrons. The van der Waals surface area contributed by atoms with E-state index >= 15 is 0 Å². The van der Waals surface area contributed by atoms with Crippen LogP contribution in [0.5, 0.6) is 17.2 Å². The molecule has 31 heavy (non-hydrogen) atoms. The van der Waals surface area contributed by atoms with Gasteiger partial charge in [-0.2, -0.15) is 0 Å². The zero-order valence-electron chi connectivity index (χ0n) is 18.7. The Labute approximate surface area is 183 Å². The second-order valence-corrected chi connectivity index (χ2v) is 10.7. The van der Waals surface area contributed by atoms with Crippen molar-refractivity contribution in [2.24, 2.45) is 0 Å². The van der Waals surface area contributed by atoms with Gasteiger partial charge in [-0.25, -0.2) is 0 Å². The van der Waals surface area contributed by atoms with Crippen LogP contribution in [0, 0.1) is 13.8 Å². The van der Waals surface area contributed by atoms with Crippen LogP contribution >= 0.6 is 7.14 Å². The van der Waals surface area contributed by atoms with E-state index in [1.165, 1.54) is 33.5 Å². The molecule has 1 unspecified atom stereocenters. The Hall–Kier alpha value is -2.59. The first kappa shape index (κ1) is 23.1. The summed E-state index contributed by atoms with van der Waals surface area (Å²) in [6.07, 6.45) is 2.86. The second-order valence-electron chi connectivity index (χ2n) is 7.88. The fraction of sp³-hybridized carbons (Fsp3) is 0.417. The van der Waals surface area contributed by atoms with Crippen molar-refractivity contribution in [2.45, 2.75) is 45.2 Å². The lowest BCUT2D eigenvalue weighted by molar-refractivity contribution is 0.103. The molecule has 0 N–H and O–H groups in total. The lowest BCUT2D eigenvalue weighted by Crippen LogP contribution is -2.22. The number of hydrogen-bond acceptors (Lipinski definition) is 6.